The first kappa shape index (κ1) is 18.6. The molecule has 1 fully saturated rings. The van der Waals surface area contributed by atoms with Gasteiger partial charge in [-0.05, 0) is 48.9 Å². The number of aromatic nitrogens is 1. The summed E-state index contributed by atoms with van der Waals surface area (Å²) >= 11 is 0. The molecule has 3 rings (SSSR count). The number of likely N-dealkylation sites (tertiary alicyclic amines) is 1. The number of benzene rings is 1. The molecule has 0 spiro atoms. The van der Waals surface area contributed by atoms with Crippen LogP contribution in [0.2, 0.25) is 0 Å². The van der Waals surface area contributed by atoms with E-state index < -0.39 is 11.9 Å². The number of carbonyl (C=O) groups is 3. The summed E-state index contributed by atoms with van der Waals surface area (Å²) in [6.45, 7) is 1.19. The van der Waals surface area contributed by atoms with E-state index in [2.05, 4.69) is 4.98 Å². The number of carboxylic acids is 1. The van der Waals surface area contributed by atoms with Crippen LogP contribution in [0.4, 0.5) is 0 Å². The van der Waals surface area contributed by atoms with Gasteiger partial charge in [0.2, 0.25) is 5.91 Å². The molecule has 2 heterocycles. The van der Waals surface area contributed by atoms with Crippen LogP contribution in [0.5, 0.6) is 0 Å². The standard InChI is InChI=1S/C20H21N3O4/c21-18(24)15-5-6-17(22-12-15)19(25)23-9-7-13(8-10-23)11-14-3-1-2-4-16(14)20(26)27/h1-6,12-13H,7-11H2,(H2,21,24)(H,26,27). The van der Waals surface area contributed by atoms with Gasteiger partial charge in [0.05, 0.1) is 11.1 Å². The largest absolute Gasteiger partial charge is 0.478 e. The molecule has 1 saturated heterocycles. The van der Waals surface area contributed by atoms with Gasteiger partial charge in [0.25, 0.3) is 5.91 Å². The molecular weight excluding hydrogens is 346 g/mol. The molecule has 0 saturated carbocycles. The number of nitrogens with two attached hydrogens (primary N) is 1. The van der Waals surface area contributed by atoms with Crippen LogP contribution in [-0.2, 0) is 6.42 Å². The summed E-state index contributed by atoms with van der Waals surface area (Å²) in [5.74, 6) is -1.33. The zero-order chi connectivity index (χ0) is 19.4. The van der Waals surface area contributed by atoms with E-state index in [0.717, 1.165) is 18.4 Å². The first-order valence-electron chi connectivity index (χ1n) is 8.82. The summed E-state index contributed by atoms with van der Waals surface area (Å²) in [5.41, 5.74) is 6.91. The normalized spacial score (nSPS) is 14.7. The third-order valence-corrected chi connectivity index (χ3v) is 4.93. The molecule has 0 bridgehead atoms. The van der Waals surface area contributed by atoms with E-state index in [1.54, 1.807) is 17.0 Å². The van der Waals surface area contributed by atoms with Crippen LogP contribution >= 0.6 is 0 Å². The number of nitrogens with zero attached hydrogens (tertiary/aromatic N) is 2. The van der Waals surface area contributed by atoms with Gasteiger partial charge in [0.1, 0.15) is 5.69 Å². The zero-order valence-electron chi connectivity index (χ0n) is 14.8. The van der Waals surface area contributed by atoms with Crippen LogP contribution in [-0.4, -0.2) is 45.9 Å². The Bertz CT molecular complexity index is 856. The summed E-state index contributed by atoms with van der Waals surface area (Å²) in [4.78, 5) is 40.8. The molecule has 1 aliphatic heterocycles. The second-order valence-corrected chi connectivity index (χ2v) is 6.70. The summed E-state index contributed by atoms with van der Waals surface area (Å²) in [6.07, 6.45) is 3.61. The Balaban J connectivity index is 1.59. The second-order valence-electron chi connectivity index (χ2n) is 6.70. The lowest BCUT2D eigenvalue weighted by Gasteiger charge is -2.32. The van der Waals surface area contributed by atoms with Crippen molar-refractivity contribution in [2.24, 2.45) is 11.7 Å². The van der Waals surface area contributed by atoms with Gasteiger partial charge in [-0.15, -0.1) is 0 Å². The number of carbonyl (C=O) groups excluding carboxylic acids is 2. The fraction of sp³-hybridized carbons (Fsp3) is 0.300. The highest BCUT2D eigenvalue weighted by Crippen LogP contribution is 2.24. The Labute approximate surface area is 156 Å². The minimum absolute atomic E-state index is 0.171. The molecule has 2 amide bonds. The monoisotopic (exact) mass is 367 g/mol. The second kappa shape index (κ2) is 7.99. The van der Waals surface area contributed by atoms with E-state index in [9.17, 15) is 19.5 Å². The Kier molecular flexibility index (Phi) is 5.49. The number of aromatic carboxylic acids is 1. The fourth-order valence-corrected chi connectivity index (χ4v) is 3.39. The highest BCUT2D eigenvalue weighted by atomic mass is 16.4. The number of primary amides is 1. The number of carboxylic acid groups (broad SMARTS) is 1. The number of hydrogen-bond donors (Lipinski definition) is 2. The average Bonchev–Trinajstić information content (AvgIpc) is 2.68. The van der Waals surface area contributed by atoms with Crippen molar-refractivity contribution in [3.8, 4) is 0 Å². The van der Waals surface area contributed by atoms with Gasteiger partial charge in [0, 0.05) is 19.3 Å². The fourth-order valence-electron chi connectivity index (χ4n) is 3.39. The molecule has 0 aliphatic carbocycles. The molecular formula is C20H21N3O4. The van der Waals surface area contributed by atoms with Gasteiger partial charge >= 0.3 is 5.97 Å². The maximum Gasteiger partial charge on any atom is 0.335 e. The van der Waals surface area contributed by atoms with Crippen LogP contribution in [0, 0.1) is 5.92 Å². The van der Waals surface area contributed by atoms with Crippen molar-refractivity contribution >= 4 is 17.8 Å². The molecule has 2 aromatic rings. The van der Waals surface area contributed by atoms with Crippen molar-refractivity contribution in [1.29, 1.82) is 0 Å². The smallest absolute Gasteiger partial charge is 0.335 e. The summed E-state index contributed by atoms with van der Waals surface area (Å²) in [7, 11) is 0. The zero-order valence-corrected chi connectivity index (χ0v) is 14.8. The predicted octanol–water partition coefficient (Wildman–Crippen LogP) is 1.97. The van der Waals surface area contributed by atoms with Gasteiger partial charge < -0.3 is 15.7 Å². The third-order valence-electron chi connectivity index (χ3n) is 4.93. The van der Waals surface area contributed by atoms with Crippen molar-refractivity contribution in [3.05, 3.63) is 65.0 Å². The molecule has 7 heteroatoms. The molecule has 1 aliphatic rings. The van der Waals surface area contributed by atoms with E-state index >= 15 is 0 Å². The van der Waals surface area contributed by atoms with Crippen molar-refractivity contribution in [3.63, 3.8) is 0 Å². The summed E-state index contributed by atoms with van der Waals surface area (Å²) in [6, 6.07) is 10.1. The van der Waals surface area contributed by atoms with Crippen LogP contribution in [0.3, 0.4) is 0 Å². The molecule has 0 atom stereocenters. The minimum atomic E-state index is -0.913. The topological polar surface area (TPSA) is 114 Å². The lowest BCUT2D eigenvalue weighted by atomic mass is 9.88. The molecule has 0 radical (unpaired) electrons. The van der Waals surface area contributed by atoms with Crippen molar-refractivity contribution in [2.75, 3.05) is 13.1 Å². The van der Waals surface area contributed by atoms with Crippen LogP contribution in [0.1, 0.15) is 49.6 Å². The third kappa shape index (κ3) is 4.31. The van der Waals surface area contributed by atoms with Gasteiger partial charge in [-0.2, -0.15) is 0 Å². The summed E-state index contributed by atoms with van der Waals surface area (Å²) < 4.78 is 0. The quantitative estimate of drug-likeness (QED) is 0.839. The van der Waals surface area contributed by atoms with E-state index in [4.69, 9.17) is 5.73 Å². The van der Waals surface area contributed by atoms with Gasteiger partial charge in [-0.3, -0.25) is 14.6 Å². The van der Waals surface area contributed by atoms with Crippen LogP contribution in [0.25, 0.3) is 0 Å². The number of hydrogen-bond acceptors (Lipinski definition) is 4. The SMILES string of the molecule is NC(=O)c1ccc(C(=O)N2CCC(Cc3ccccc3C(=O)O)CC2)nc1. The Morgan fingerprint density at radius 3 is 2.41 bits per heavy atom. The van der Waals surface area contributed by atoms with Gasteiger partial charge in [0.15, 0.2) is 0 Å². The van der Waals surface area contributed by atoms with E-state index in [0.29, 0.717) is 31.0 Å². The molecule has 27 heavy (non-hydrogen) atoms. The first-order chi connectivity index (χ1) is 13.0. The van der Waals surface area contributed by atoms with Gasteiger partial charge in [-0.25, -0.2) is 4.79 Å². The average molecular weight is 367 g/mol. The lowest BCUT2D eigenvalue weighted by molar-refractivity contribution is 0.0684. The maximum absolute atomic E-state index is 12.6. The number of piperidine rings is 1. The maximum atomic E-state index is 12.6. The number of pyridine rings is 1. The van der Waals surface area contributed by atoms with Crippen molar-refractivity contribution in [1.82, 2.24) is 9.88 Å². The Hall–Kier alpha value is -3.22. The molecule has 1 aromatic carbocycles. The Morgan fingerprint density at radius 2 is 1.81 bits per heavy atom. The van der Waals surface area contributed by atoms with E-state index in [-0.39, 0.29) is 17.2 Å². The molecule has 1 aromatic heterocycles. The number of amides is 2. The molecule has 7 nitrogen and oxygen atoms in total. The molecule has 0 unspecified atom stereocenters. The first-order valence-corrected chi connectivity index (χ1v) is 8.82. The minimum Gasteiger partial charge on any atom is -0.478 e. The highest BCUT2D eigenvalue weighted by Gasteiger charge is 2.25. The van der Waals surface area contributed by atoms with Crippen molar-refractivity contribution < 1.29 is 19.5 Å². The van der Waals surface area contributed by atoms with Gasteiger partial charge in [-0.1, -0.05) is 18.2 Å². The van der Waals surface area contributed by atoms with Crippen molar-refractivity contribution in [2.45, 2.75) is 19.3 Å². The van der Waals surface area contributed by atoms with E-state index in [1.165, 1.54) is 18.3 Å². The van der Waals surface area contributed by atoms with Crippen LogP contribution < -0.4 is 5.73 Å². The summed E-state index contributed by atoms with van der Waals surface area (Å²) in [5, 5.41) is 9.30. The van der Waals surface area contributed by atoms with E-state index in [1.807, 2.05) is 12.1 Å². The molecule has 3 N–H and O–H groups in total. The number of rotatable bonds is 5. The Morgan fingerprint density at radius 1 is 1.11 bits per heavy atom. The lowest BCUT2D eigenvalue weighted by Crippen LogP contribution is -2.39. The van der Waals surface area contributed by atoms with Crippen LogP contribution in [0.15, 0.2) is 42.6 Å². The highest BCUT2D eigenvalue weighted by molar-refractivity contribution is 5.95. The predicted molar refractivity (Wildman–Crippen MR) is 98.5 cm³/mol. The molecule has 140 valence electrons.